The molecule has 1 unspecified atom stereocenters. The summed E-state index contributed by atoms with van der Waals surface area (Å²) in [5, 5.41) is 9.04. The standard InChI is InChI=1S/C11H22O3/c1-10(12)4-2-3-7-14-11-5-8-13-9-6-11/h10-12H,2-9H2,1H3. The molecule has 0 amide bonds. The second-order valence-corrected chi connectivity index (χ2v) is 4.03. The summed E-state index contributed by atoms with van der Waals surface area (Å²) in [6.45, 7) is 4.35. The van der Waals surface area contributed by atoms with Crippen LogP contribution in [-0.4, -0.2) is 37.1 Å². The molecule has 1 saturated heterocycles. The number of ether oxygens (including phenoxy) is 2. The normalized spacial score (nSPS) is 21.0. The van der Waals surface area contributed by atoms with E-state index in [4.69, 9.17) is 14.6 Å². The van der Waals surface area contributed by atoms with E-state index in [-0.39, 0.29) is 6.10 Å². The monoisotopic (exact) mass is 202 g/mol. The Hall–Kier alpha value is -0.120. The number of hydrogen-bond donors (Lipinski definition) is 1. The fraction of sp³-hybridized carbons (Fsp3) is 1.00. The smallest absolute Gasteiger partial charge is 0.0619 e. The van der Waals surface area contributed by atoms with Gasteiger partial charge in [-0.05, 0) is 39.0 Å². The number of aliphatic hydroxyl groups is 1. The van der Waals surface area contributed by atoms with E-state index >= 15 is 0 Å². The SMILES string of the molecule is CC(O)CCCCOC1CCOCC1. The highest BCUT2D eigenvalue weighted by atomic mass is 16.5. The minimum atomic E-state index is -0.168. The minimum absolute atomic E-state index is 0.168. The topological polar surface area (TPSA) is 38.7 Å². The third kappa shape index (κ3) is 5.58. The molecule has 3 heteroatoms. The van der Waals surface area contributed by atoms with Gasteiger partial charge in [-0.15, -0.1) is 0 Å². The molecular weight excluding hydrogens is 180 g/mol. The molecule has 1 rings (SSSR count). The Labute approximate surface area is 86.4 Å². The molecule has 0 bridgehead atoms. The highest BCUT2D eigenvalue weighted by Crippen LogP contribution is 2.11. The Balaban J connectivity index is 1.87. The molecule has 0 aromatic carbocycles. The van der Waals surface area contributed by atoms with E-state index in [0.717, 1.165) is 51.9 Å². The molecule has 1 atom stereocenters. The van der Waals surface area contributed by atoms with Crippen molar-refractivity contribution in [2.24, 2.45) is 0 Å². The fourth-order valence-electron chi connectivity index (χ4n) is 1.63. The van der Waals surface area contributed by atoms with Crippen LogP contribution in [0.4, 0.5) is 0 Å². The van der Waals surface area contributed by atoms with Gasteiger partial charge in [-0.1, -0.05) is 0 Å². The summed E-state index contributed by atoms with van der Waals surface area (Å²) in [5.41, 5.74) is 0. The molecule has 0 saturated carbocycles. The lowest BCUT2D eigenvalue weighted by atomic mass is 10.1. The summed E-state index contributed by atoms with van der Waals surface area (Å²) in [5.74, 6) is 0. The Bertz CT molecular complexity index is 130. The van der Waals surface area contributed by atoms with E-state index < -0.39 is 0 Å². The van der Waals surface area contributed by atoms with Crippen molar-refractivity contribution in [1.29, 1.82) is 0 Å². The first-order valence-corrected chi connectivity index (χ1v) is 5.66. The molecule has 0 aromatic rings. The molecule has 0 aromatic heterocycles. The van der Waals surface area contributed by atoms with Crippen LogP contribution in [0, 0.1) is 0 Å². The maximum Gasteiger partial charge on any atom is 0.0619 e. The molecule has 0 aliphatic carbocycles. The van der Waals surface area contributed by atoms with Gasteiger partial charge in [0.2, 0.25) is 0 Å². The van der Waals surface area contributed by atoms with Crippen molar-refractivity contribution in [2.75, 3.05) is 19.8 Å². The van der Waals surface area contributed by atoms with E-state index in [1.165, 1.54) is 0 Å². The molecule has 0 radical (unpaired) electrons. The van der Waals surface area contributed by atoms with Crippen molar-refractivity contribution >= 4 is 0 Å². The average Bonchev–Trinajstić information content (AvgIpc) is 2.18. The van der Waals surface area contributed by atoms with E-state index in [1.54, 1.807) is 0 Å². The van der Waals surface area contributed by atoms with Gasteiger partial charge in [-0.25, -0.2) is 0 Å². The quantitative estimate of drug-likeness (QED) is 0.667. The van der Waals surface area contributed by atoms with E-state index in [9.17, 15) is 0 Å². The Morgan fingerprint density at radius 2 is 2.07 bits per heavy atom. The van der Waals surface area contributed by atoms with Gasteiger partial charge in [-0.2, -0.15) is 0 Å². The van der Waals surface area contributed by atoms with Crippen LogP contribution in [0.2, 0.25) is 0 Å². The van der Waals surface area contributed by atoms with Gasteiger partial charge in [-0.3, -0.25) is 0 Å². The van der Waals surface area contributed by atoms with Crippen molar-refractivity contribution in [3.05, 3.63) is 0 Å². The fourth-order valence-corrected chi connectivity index (χ4v) is 1.63. The molecule has 14 heavy (non-hydrogen) atoms. The first-order chi connectivity index (χ1) is 6.79. The molecule has 1 aliphatic heterocycles. The molecule has 3 nitrogen and oxygen atoms in total. The van der Waals surface area contributed by atoms with Gasteiger partial charge in [0.25, 0.3) is 0 Å². The zero-order valence-electron chi connectivity index (χ0n) is 9.08. The van der Waals surface area contributed by atoms with Gasteiger partial charge in [0.15, 0.2) is 0 Å². The van der Waals surface area contributed by atoms with Crippen LogP contribution in [0.15, 0.2) is 0 Å². The summed E-state index contributed by atoms with van der Waals surface area (Å²) >= 11 is 0. The molecule has 1 heterocycles. The third-order valence-corrected chi connectivity index (χ3v) is 2.54. The largest absolute Gasteiger partial charge is 0.393 e. The van der Waals surface area contributed by atoms with Crippen LogP contribution < -0.4 is 0 Å². The first kappa shape index (κ1) is 12.0. The lowest BCUT2D eigenvalue weighted by Gasteiger charge is -2.22. The number of hydrogen-bond acceptors (Lipinski definition) is 3. The van der Waals surface area contributed by atoms with Crippen LogP contribution in [-0.2, 0) is 9.47 Å². The van der Waals surface area contributed by atoms with Crippen LogP contribution in [0.5, 0.6) is 0 Å². The molecule has 1 N–H and O–H groups in total. The Kier molecular flexibility index (Phi) is 6.15. The summed E-state index contributed by atoms with van der Waals surface area (Å²) in [7, 11) is 0. The lowest BCUT2D eigenvalue weighted by Crippen LogP contribution is -2.23. The number of rotatable bonds is 6. The molecule has 84 valence electrons. The Morgan fingerprint density at radius 3 is 2.71 bits per heavy atom. The Morgan fingerprint density at radius 1 is 1.36 bits per heavy atom. The van der Waals surface area contributed by atoms with Gasteiger partial charge < -0.3 is 14.6 Å². The van der Waals surface area contributed by atoms with Crippen LogP contribution in [0.3, 0.4) is 0 Å². The van der Waals surface area contributed by atoms with Crippen molar-refractivity contribution in [2.45, 2.75) is 51.2 Å². The van der Waals surface area contributed by atoms with E-state index in [0.29, 0.717) is 6.10 Å². The van der Waals surface area contributed by atoms with Gasteiger partial charge in [0.1, 0.15) is 0 Å². The van der Waals surface area contributed by atoms with Crippen LogP contribution in [0.1, 0.15) is 39.0 Å². The number of aliphatic hydroxyl groups excluding tert-OH is 1. The maximum atomic E-state index is 9.04. The summed E-state index contributed by atoms with van der Waals surface area (Å²) in [6, 6.07) is 0. The maximum absolute atomic E-state index is 9.04. The zero-order valence-corrected chi connectivity index (χ0v) is 9.08. The van der Waals surface area contributed by atoms with Crippen LogP contribution >= 0.6 is 0 Å². The van der Waals surface area contributed by atoms with Crippen LogP contribution in [0.25, 0.3) is 0 Å². The highest BCUT2D eigenvalue weighted by Gasteiger charge is 2.13. The predicted molar refractivity (Wildman–Crippen MR) is 55.3 cm³/mol. The predicted octanol–water partition coefficient (Wildman–Crippen LogP) is 1.73. The minimum Gasteiger partial charge on any atom is -0.393 e. The van der Waals surface area contributed by atoms with E-state index in [1.807, 2.05) is 6.92 Å². The van der Waals surface area contributed by atoms with Crippen molar-refractivity contribution < 1.29 is 14.6 Å². The third-order valence-electron chi connectivity index (χ3n) is 2.54. The zero-order chi connectivity index (χ0) is 10.2. The van der Waals surface area contributed by atoms with Gasteiger partial charge in [0, 0.05) is 19.8 Å². The summed E-state index contributed by atoms with van der Waals surface area (Å²) < 4.78 is 10.9. The van der Waals surface area contributed by atoms with Gasteiger partial charge >= 0.3 is 0 Å². The number of unbranched alkanes of at least 4 members (excludes halogenated alkanes) is 1. The van der Waals surface area contributed by atoms with Gasteiger partial charge in [0.05, 0.1) is 12.2 Å². The van der Waals surface area contributed by atoms with E-state index in [2.05, 4.69) is 0 Å². The average molecular weight is 202 g/mol. The van der Waals surface area contributed by atoms with Crippen molar-refractivity contribution in [3.63, 3.8) is 0 Å². The molecule has 0 spiro atoms. The highest BCUT2D eigenvalue weighted by molar-refractivity contribution is 4.62. The second-order valence-electron chi connectivity index (χ2n) is 4.03. The van der Waals surface area contributed by atoms with Crippen molar-refractivity contribution in [1.82, 2.24) is 0 Å². The second kappa shape index (κ2) is 7.21. The van der Waals surface area contributed by atoms with Crippen molar-refractivity contribution in [3.8, 4) is 0 Å². The molecular formula is C11H22O3. The molecule has 1 aliphatic rings. The first-order valence-electron chi connectivity index (χ1n) is 5.66. The summed E-state index contributed by atoms with van der Waals surface area (Å²) in [6.07, 6.45) is 5.32. The lowest BCUT2D eigenvalue weighted by molar-refractivity contribution is -0.0330. The summed E-state index contributed by atoms with van der Waals surface area (Å²) in [4.78, 5) is 0. The molecule has 1 fully saturated rings.